The molecule has 1 aromatic carbocycles. The third-order valence-corrected chi connectivity index (χ3v) is 1.83. The van der Waals surface area contributed by atoms with Gasteiger partial charge in [-0.25, -0.2) is 9.37 Å². The predicted molar refractivity (Wildman–Crippen MR) is 48.9 cm³/mol. The van der Waals surface area contributed by atoms with Gasteiger partial charge in [0.25, 0.3) is 0 Å². The van der Waals surface area contributed by atoms with Crippen molar-refractivity contribution in [1.29, 1.82) is 0 Å². The van der Waals surface area contributed by atoms with E-state index in [4.69, 9.17) is 0 Å². The lowest BCUT2D eigenvalue weighted by Crippen LogP contribution is -1.90. The van der Waals surface area contributed by atoms with Crippen molar-refractivity contribution in [3.05, 3.63) is 48.3 Å². The first-order valence-corrected chi connectivity index (χ1v) is 4.05. The van der Waals surface area contributed by atoms with Crippen LogP contribution in [0.4, 0.5) is 4.39 Å². The number of imidazole rings is 1. The van der Waals surface area contributed by atoms with Gasteiger partial charge < -0.3 is 4.57 Å². The van der Waals surface area contributed by atoms with Crippen LogP contribution in [0.1, 0.15) is 10.5 Å². The van der Waals surface area contributed by atoms with Crippen molar-refractivity contribution in [3.8, 4) is 5.69 Å². The van der Waals surface area contributed by atoms with Crippen molar-refractivity contribution in [2.24, 2.45) is 0 Å². The van der Waals surface area contributed by atoms with Gasteiger partial charge in [0, 0.05) is 11.9 Å². The molecule has 2 rings (SSSR count). The molecule has 0 saturated carbocycles. The number of hydrogen-bond acceptors (Lipinski definition) is 2. The van der Waals surface area contributed by atoms with Gasteiger partial charge in [-0.1, -0.05) is 6.07 Å². The normalized spacial score (nSPS) is 10.1. The van der Waals surface area contributed by atoms with Crippen LogP contribution in [-0.2, 0) is 0 Å². The molecule has 4 heteroatoms. The minimum absolute atomic E-state index is 0.316. The second-order valence-electron chi connectivity index (χ2n) is 2.80. The maximum atomic E-state index is 12.8. The Balaban J connectivity index is 2.43. The van der Waals surface area contributed by atoms with Crippen LogP contribution < -0.4 is 0 Å². The van der Waals surface area contributed by atoms with E-state index in [9.17, 15) is 9.18 Å². The number of aromatic nitrogens is 2. The van der Waals surface area contributed by atoms with Gasteiger partial charge in [0.15, 0.2) is 6.29 Å². The average Bonchev–Trinajstić information content (AvgIpc) is 2.66. The molecule has 0 radical (unpaired) electrons. The Labute approximate surface area is 79.8 Å². The third-order valence-electron chi connectivity index (χ3n) is 1.83. The smallest absolute Gasteiger partial charge is 0.170 e. The van der Waals surface area contributed by atoms with Crippen LogP contribution >= 0.6 is 0 Å². The van der Waals surface area contributed by atoms with E-state index in [1.54, 1.807) is 22.9 Å². The number of halogens is 1. The first-order chi connectivity index (χ1) is 6.79. The molecule has 0 aliphatic rings. The summed E-state index contributed by atoms with van der Waals surface area (Å²) in [5, 5.41) is 0. The minimum Gasteiger partial charge on any atom is -0.305 e. The summed E-state index contributed by atoms with van der Waals surface area (Å²) < 4.78 is 14.4. The number of aldehydes is 1. The monoisotopic (exact) mass is 190 g/mol. The quantitative estimate of drug-likeness (QED) is 0.677. The van der Waals surface area contributed by atoms with Gasteiger partial charge in [0.05, 0.1) is 0 Å². The molecule has 0 atom stereocenters. The predicted octanol–water partition coefficient (Wildman–Crippen LogP) is 1.82. The van der Waals surface area contributed by atoms with Gasteiger partial charge >= 0.3 is 0 Å². The second kappa shape index (κ2) is 3.41. The van der Waals surface area contributed by atoms with Crippen molar-refractivity contribution < 1.29 is 9.18 Å². The highest BCUT2D eigenvalue weighted by molar-refractivity contribution is 5.71. The summed E-state index contributed by atoms with van der Waals surface area (Å²) in [4.78, 5) is 14.2. The zero-order valence-electron chi connectivity index (χ0n) is 7.22. The number of hydrogen-bond donors (Lipinski definition) is 0. The summed E-state index contributed by atoms with van der Waals surface area (Å²) in [6.07, 6.45) is 3.66. The third kappa shape index (κ3) is 1.54. The molecule has 0 fully saturated rings. The lowest BCUT2D eigenvalue weighted by molar-refractivity contribution is 0.111. The van der Waals surface area contributed by atoms with Gasteiger partial charge in [-0.15, -0.1) is 0 Å². The molecule has 14 heavy (non-hydrogen) atoms. The fourth-order valence-corrected chi connectivity index (χ4v) is 1.18. The molecular formula is C10H7FN2O. The van der Waals surface area contributed by atoms with E-state index in [-0.39, 0.29) is 5.82 Å². The Morgan fingerprint density at radius 3 is 2.93 bits per heavy atom. The first kappa shape index (κ1) is 8.62. The highest BCUT2D eigenvalue weighted by atomic mass is 19.1. The highest BCUT2D eigenvalue weighted by Crippen LogP contribution is 2.09. The van der Waals surface area contributed by atoms with Crippen LogP contribution in [0.25, 0.3) is 5.69 Å². The Kier molecular flexibility index (Phi) is 2.10. The molecule has 0 spiro atoms. The van der Waals surface area contributed by atoms with Crippen LogP contribution in [-0.4, -0.2) is 15.8 Å². The fourth-order valence-electron chi connectivity index (χ4n) is 1.18. The summed E-state index contributed by atoms with van der Waals surface area (Å²) >= 11 is 0. The average molecular weight is 190 g/mol. The van der Waals surface area contributed by atoms with Gasteiger partial charge in [-0.05, 0) is 18.2 Å². The van der Waals surface area contributed by atoms with Crippen LogP contribution in [0.2, 0.25) is 0 Å². The van der Waals surface area contributed by atoms with Crippen LogP contribution in [0.3, 0.4) is 0 Å². The zero-order chi connectivity index (χ0) is 9.97. The van der Waals surface area contributed by atoms with E-state index in [1.807, 2.05) is 0 Å². The molecule has 1 aromatic heterocycles. The van der Waals surface area contributed by atoms with Gasteiger partial charge in [-0.3, -0.25) is 4.79 Å². The second-order valence-corrected chi connectivity index (χ2v) is 2.80. The lowest BCUT2D eigenvalue weighted by Gasteiger charge is -2.00. The van der Waals surface area contributed by atoms with Crippen molar-refractivity contribution in [1.82, 2.24) is 9.55 Å². The molecule has 70 valence electrons. The Morgan fingerprint density at radius 2 is 2.29 bits per heavy atom. The number of nitrogens with zero attached hydrogens (tertiary/aromatic N) is 2. The number of benzene rings is 1. The molecule has 0 aliphatic heterocycles. The summed E-state index contributed by atoms with van der Waals surface area (Å²) in [5.41, 5.74) is 0.972. The number of carbonyl (C=O) groups excluding carboxylic acids is 1. The molecule has 0 unspecified atom stereocenters. The van der Waals surface area contributed by atoms with E-state index in [0.29, 0.717) is 17.7 Å². The van der Waals surface area contributed by atoms with E-state index in [2.05, 4.69) is 4.98 Å². The Morgan fingerprint density at radius 1 is 1.43 bits per heavy atom. The maximum absolute atomic E-state index is 12.8. The topological polar surface area (TPSA) is 34.9 Å². The highest BCUT2D eigenvalue weighted by Gasteiger charge is 2.00. The standard InChI is InChI=1S/C10H7FN2O/c11-8-2-1-3-10(4-8)13-5-9(6-14)12-7-13/h1-7H. The Hall–Kier alpha value is -1.97. The van der Waals surface area contributed by atoms with Crippen LogP contribution in [0.5, 0.6) is 0 Å². The van der Waals surface area contributed by atoms with Gasteiger partial charge in [0.2, 0.25) is 0 Å². The molecular weight excluding hydrogens is 183 g/mol. The molecule has 3 nitrogen and oxygen atoms in total. The summed E-state index contributed by atoms with van der Waals surface area (Å²) in [6, 6.07) is 6.07. The lowest BCUT2D eigenvalue weighted by atomic mass is 10.3. The van der Waals surface area contributed by atoms with E-state index in [0.717, 1.165) is 0 Å². The van der Waals surface area contributed by atoms with Gasteiger partial charge in [-0.2, -0.15) is 0 Å². The molecule has 2 aromatic rings. The molecule has 0 N–H and O–H groups in total. The Bertz CT molecular complexity index is 465. The zero-order valence-corrected chi connectivity index (χ0v) is 7.22. The van der Waals surface area contributed by atoms with Gasteiger partial charge in [0.1, 0.15) is 17.8 Å². The van der Waals surface area contributed by atoms with Crippen LogP contribution in [0, 0.1) is 5.82 Å². The molecule has 1 heterocycles. The van der Waals surface area contributed by atoms with Crippen molar-refractivity contribution in [2.45, 2.75) is 0 Å². The van der Waals surface area contributed by atoms with E-state index >= 15 is 0 Å². The van der Waals surface area contributed by atoms with Crippen molar-refractivity contribution in [2.75, 3.05) is 0 Å². The number of carbonyl (C=O) groups is 1. The fraction of sp³-hybridized carbons (Fsp3) is 0. The van der Waals surface area contributed by atoms with E-state index in [1.165, 1.54) is 18.5 Å². The maximum Gasteiger partial charge on any atom is 0.170 e. The van der Waals surface area contributed by atoms with Crippen molar-refractivity contribution >= 4 is 6.29 Å². The first-order valence-electron chi connectivity index (χ1n) is 4.05. The summed E-state index contributed by atoms with van der Waals surface area (Å²) in [7, 11) is 0. The van der Waals surface area contributed by atoms with E-state index < -0.39 is 0 Å². The molecule has 0 amide bonds. The minimum atomic E-state index is -0.316. The molecule has 0 bridgehead atoms. The van der Waals surface area contributed by atoms with Crippen molar-refractivity contribution in [3.63, 3.8) is 0 Å². The summed E-state index contributed by atoms with van der Waals surface area (Å²) in [6.45, 7) is 0. The molecule has 0 saturated heterocycles. The SMILES string of the molecule is O=Cc1cn(-c2cccc(F)c2)cn1. The van der Waals surface area contributed by atoms with Crippen LogP contribution in [0.15, 0.2) is 36.8 Å². The summed E-state index contributed by atoms with van der Waals surface area (Å²) in [5.74, 6) is -0.316. The molecule has 0 aliphatic carbocycles. The largest absolute Gasteiger partial charge is 0.305 e. The number of rotatable bonds is 2.